The van der Waals surface area contributed by atoms with Crippen LogP contribution in [0.2, 0.25) is 0 Å². The summed E-state index contributed by atoms with van der Waals surface area (Å²) < 4.78 is 0. The number of rotatable bonds is 6. The van der Waals surface area contributed by atoms with Crippen molar-refractivity contribution >= 4 is 0 Å². The molecule has 4 aromatic rings. The highest BCUT2D eigenvalue weighted by Gasteiger charge is 2.69. The lowest BCUT2D eigenvalue weighted by Gasteiger charge is -2.73. The molecule has 2 nitrogen and oxygen atoms in total. The third kappa shape index (κ3) is 4.05. The van der Waals surface area contributed by atoms with Crippen molar-refractivity contribution in [2.75, 3.05) is 0 Å². The average Bonchev–Trinajstić information content (AvgIpc) is 2.97. The smallest absolute Gasteiger partial charge is 0.123 e. The summed E-state index contributed by atoms with van der Waals surface area (Å²) in [6.45, 7) is 9.84. The summed E-state index contributed by atoms with van der Waals surface area (Å²) in [4.78, 5) is 0. The first-order chi connectivity index (χ1) is 20.1. The van der Waals surface area contributed by atoms with Gasteiger partial charge in [-0.15, -0.1) is 0 Å². The summed E-state index contributed by atoms with van der Waals surface area (Å²) in [5.41, 5.74) is 7.34. The quantitative estimate of drug-likeness (QED) is 0.248. The van der Waals surface area contributed by atoms with Crippen molar-refractivity contribution in [3.63, 3.8) is 0 Å². The molecule has 0 heterocycles. The molecule has 4 aromatic carbocycles. The molecule has 0 spiro atoms. The van der Waals surface area contributed by atoms with Gasteiger partial charge in [0.15, 0.2) is 0 Å². The van der Waals surface area contributed by atoms with Crippen LogP contribution in [0, 0.1) is 22.7 Å². The Morgan fingerprint density at radius 2 is 0.857 bits per heavy atom. The van der Waals surface area contributed by atoms with Gasteiger partial charge in [0.2, 0.25) is 0 Å². The topological polar surface area (TPSA) is 40.5 Å². The Morgan fingerprint density at radius 1 is 0.476 bits per heavy atom. The maximum absolute atomic E-state index is 11.0. The fraction of sp³-hybridized carbons (Fsp3) is 0.400. The summed E-state index contributed by atoms with van der Waals surface area (Å²) in [7, 11) is 0. The Hall–Kier alpha value is -3.52. The monoisotopic (exact) mass is 556 g/mol. The SMILES string of the molecule is CC(C)C12CC3(c4ccc(O)c(-c5ccccc5)c4)CC(c4ccc(O)c(-c5ccccc5)c4)(C1)CC(C(C)C)(C3)C2. The lowest BCUT2D eigenvalue weighted by atomic mass is 9.31. The van der Waals surface area contributed by atoms with E-state index >= 15 is 0 Å². The summed E-state index contributed by atoms with van der Waals surface area (Å²) in [5.74, 6) is 1.86. The van der Waals surface area contributed by atoms with Gasteiger partial charge < -0.3 is 10.2 Å². The Bertz CT molecular complexity index is 1480. The molecule has 8 rings (SSSR count). The van der Waals surface area contributed by atoms with E-state index in [0.29, 0.717) is 23.3 Å². The van der Waals surface area contributed by atoms with Crippen molar-refractivity contribution in [1.82, 2.24) is 0 Å². The van der Waals surface area contributed by atoms with Crippen LogP contribution in [-0.2, 0) is 10.8 Å². The number of benzene rings is 4. The normalized spacial score (nSPS) is 29.9. The van der Waals surface area contributed by atoms with Gasteiger partial charge in [0.1, 0.15) is 11.5 Å². The second-order valence-electron chi connectivity index (χ2n) is 14.9. The minimum atomic E-state index is 0.0331. The molecule has 4 bridgehead atoms. The van der Waals surface area contributed by atoms with E-state index in [4.69, 9.17) is 0 Å². The largest absolute Gasteiger partial charge is 0.507 e. The first-order valence-corrected chi connectivity index (χ1v) is 15.9. The van der Waals surface area contributed by atoms with E-state index in [9.17, 15) is 10.2 Å². The summed E-state index contributed by atoms with van der Waals surface area (Å²) in [6.07, 6.45) is 7.23. The van der Waals surface area contributed by atoms with Crippen molar-refractivity contribution in [2.24, 2.45) is 22.7 Å². The van der Waals surface area contributed by atoms with Gasteiger partial charge in [0, 0.05) is 11.1 Å². The van der Waals surface area contributed by atoms with Crippen LogP contribution >= 0.6 is 0 Å². The van der Waals surface area contributed by atoms with Crippen molar-refractivity contribution in [3.05, 3.63) is 108 Å². The van der Waals surface area contributed by atoms with Gasteiger partial charge in [-0.05, 0) is 119 Å². The van der Waals surface area contributed by atoms with Crippen LogP contribution in [0.3, 0.4) is 0 Å². The Labute approximate surface area is 251 Å². The average molecular weight is 557 g/mol. The van der Waals surface area contributed by atoms with E-state index in [-0.39, 0.29) is 21.7 Å². The van der Waals surface area contributed by atoms with Gasteiger partial charge in [-0.3, -0.25) is 0 Å². The second kappa shape index (κ2) is 9.49. The molecule has 4 fully saturated rings. The van der Waals surface area contributed by atoms with Gasteiger partial charge >= 0.3 is 0 Å². The molecular weight excluding hydrogens is 512 g/mol. The van der Waals surface area contributed by atoms with Crippen LogP contribution in [0.25, 0.3) is 22.3 Å². The molecule has 0 aromatic heterocycles. The van der Waals surface area contributed by atoms with Crippen molar-refractivity contribution in [3.8, 4) is 33.8 Å². The van der Waals surface area contributed by atoms with Crippen molar-refractivity contribution < 1.29 is 10.2 Å². The molecule has 2 heteroatoms. The fourth-order valence-corrected chi connectivity index (χ4v) is 10.1. The molecule has 4 aliphatic rings. The highest BCUT2D eigenvalue weighted by molar-refractivity contribution is 5.72. The van der Waals surface area contributed by atoms with E-state index < -0.39 is 0 Å². The predicted molar refractivity (Wildman–Crippen MR) is 173 cm³/mol. The molecule has 4 aliphatic carbocycles. The minimum Gasteiger partial charge on any atom is -0.507 e. The Morgan fingerprint density at radius 3 is 1.21 bits per heavy atom. The maximum atomic E-state index is 11.0. The van der Waals surface area contributed by atoms with Crippen molar-refractivity contribution in [1.29, 1.82) is 0 Å². The molecule has 0 unspecified atom stereocenters. The van der Waals surface area contributed by atoms with Gasteiger partial charge in [-0.2, -0.15) is 0 Å². The number of phenols is 2. The van der Waals surface area contributed by atoms with E-state index in [1.165, 1.54) is 43.2 Å². The first kappa shape index (κ1) is 27.3. The zero-order chi connectivity index (χ0) is 29.3. The van der Waals surface area contributed by atoms with Crippen LogP contribution in [0.4, 0.5) is 0 Å². The zero-order valence-electron chi connectivity index (χ0n) is 25.5. The first-order valence-electron chi connectivity index (χ1n) is 15.9. The fourth-order valence-electron chi connectivity index (χ4n) is 10.1. The molecule has 0 amide bonds. The number of hydrogen-bond donors (Lipinski definition) is 2. The highest BCUT2D eigenvalue weighted by atomic mass is 16.3. The third-order valence-electron chi connectivity index (χ3n) is 12.0. The van der Waals surface area contributed by atoms with Gasteiger partial charge in [0.25, 0.3) is 0 Å². The van der Waals surface area contributed by atoms with Gasteiger partial charge in [-0.1, -0.05) is 100 Å². The highest BCUT2D eigenvalue weighted by Crippen LogP contribution is 2.77. The minimum absolute atomic E-state index is 0.0331. The Kier molecular flexibility index (Phi) is 6.18. The summed E-state index contributed by atoms with van der Waals surface area (Å²) in [5, 5.41) is 22.0. The number of phenolic OH excluding ortho intramolecular Hbond substituents is 2. The van der Waals surface area contributed by atoms with Crippen LogP contribution in [0.15, 0.2) is 97.1 Å². The molecule has 0 radical (unpaired) electrons. The van der Waals surface area contributed by atoms with Crippen molar-refractivity contribution in [2.45, 2.75) is 77.0 Å². The van der Waals surface area contributed by atoms with E-state index in [2.05, 4.69) is 100 Å². The predicted octanol–water partition coefficient (Wildman–Crippen LogP) is 10.3. The number of aromatic hydroxyl groups is 2. The molecule has 4 saturated carbocycles. The second-order valence-corrected chi connectivity index (χ2v) is 14.9. The third-order valence-corrected chi connectivity index (χ3v) is 12.0. The van der Waals surface area contributed by atoms with Crippen LogP contribution in [-0.4, -0.2) is 10.2 Å². The van der Waals surface area contributed by atoms with Crippen LogP contribution in [0.5, 0.6) is 11.5 Å². The van der Waals surface area contributed by atoms with Crippen LogP contribution in [0.1, 0.15) is 77.3 Å². The molecule has 0 atom stereocenters. The lowest BCUT2D eigenvalue weighted by molar-refractivity contribution is -0.176. The van der Waals surface area contributed by atoms with Gasteiger partial charge in [-0.25, -0.2) is 0 Å². The zero-order valence-corrected chi connectivity index (χ0v) is 25.5. The van der Waals surface area contributed by atoms with E-state index in [1.807, 2.05) is 24.3 Å². The molecule has 216 valence electrons. The van der Waals surface area contributed by atoms with E-state index in [1.54, 1.807) is 0 Å². The van der Waals surface area contributed by atoms with E-state index in [0.717, 1.165) is 28.7 Å². The standard InChI is InChI=1S/C40H44O2/c1-27(2)37-21-38(28(3)4)24-39(22-37,31-15-17-35(41)33(19-31)29-11-7-5-8-12-29)26-40(23-37,25-38)32-16-18-36(42)34(20-32)30-13-9-6-10-14-30/h5-20,27-28,41-42H,21-26H2,1-4H3. The summed E-state index contributed by atoms with van der Waals surface area (Å²) >= 11 is 0. The van der Waals surface area contributed by atoms with Gasteiger partial charge in [0.05, 0.1) is 0 Å². The Balaban J connectivity index is 1.44. The molecular formula is C40H44O2. The molecule has 42 heavy (non-hydrogen) atoms. The molecule has 0 saturated heterocycles. The lowest BCUT2D eigenvalue weighted by Crippen LogP contribution is -2.66. The number of hydrogen-bond acceptors (Lipinski definition) is 2. The molecule has 0 aliphatic heterocycles. The maximum Gasteiger partial charge on any atom is 0.123 e. The van der Waals surface area contributed by atoms with Crippen LogP contribution < -0.4 is 0 Å². The summed E-state index contributed by atoms with van der Waals surface area (Å²) in [6, 6.07) is 33.7. The molecule has 2 N–H and O–H groups in total.